The Morgan fingerprint density at radius 1 is 1.15 bits per heavy atom. The van der Waals surface area contributed by atoms with Crippen LogP contribution in [0.4, 0.5) is 5.69 Å². The van der Waals surface area contributed by atoms with Crippen molar-refractivity contribution in [2.45, 2.75) is 25.8 Å². The van der Waals surface area contributed by atoms with Crippen LogP contribution in [0.2, 0.25) is 0 Å². The van der Waals surface area contributed by atoms with Crippen LogP contribution in [0.15, 0.2) is 53.1 Å². The predicted molar refractivity (Wildman–Crippen MR) is 124 cm³/mol. The molecule has 0 spiro atoms. The first-order valence-electron chi connectivity index (χ1n) is 11.1. The van der Waals surface area contributed by atoms with E-state index >= 15 is 0 Å². The minimum Gasteiger partial charge on any atom is -0.486 e. The lowest BCUT2D eigenvalue weighted by Gasteiger charge is -2.23. The number of rotatable bonds is 4. The van der Waals surface area contributed by atoms with Gasteiger partial charge in [0.25, 0.3) is 11.8 Å². The average molecular weight is 447 g/mol. The fourth-order valence-electron chi connectivity index (χ4n) is 4.38. The molecule has 1 saturated heterocycles. The molecule has 33 heavy (non-hydrogen) atoms. The number of carbonyl (C=O) groups is 2. The summed E-state index contributed by atoms with van der Waals surface area (Å²) in [7, 11) is 0. The van der Waals surface area contributed by atoms with Gasteiger partial charge in [0.2, 0.25) is 0 Å². The Labute approximate surface area is 191 Å². The Kier molecular flexibility index (Phi) is 5.60. The monoisotopic (exact) mass is 447 g/mol. The van der Waals surface area contributed by atoms with Gasteiger partial charge in [0, 0.05) is 12.1 Å². The fourth-order valence-corrected chi connectivity index (χ4v) is 4.38. The van der Waals surface area contributed by atoms with Gasteiger partial charge in [0.05, 0.1) is 29.6 Å². The van der Waals surface area contributed by atoms with Crippen LogP contribution in [-0.4, -0.2) is 59.9 Å². The van der Waals surface area contributed by atoms with Crippen LogP contribution in [0.1, 0.15) is 35.7 Å². The van der Waals surface area contributed by atoms with Crippen molar-refractivity contribution in [3.8, 4) is 11.5 Å². The fraction of sp³-hybridized carbons (Fsp3) is 0.320. The van der Waals surface area contributed by atoms with Crippen LogP contribution in [0.25, 0.3) is 6.08 Å². The van der Waals surface area contributed by atoms with E-state index < -0.39 is 0 Å². The van der Waals surface area contributed by atoms with Crippen molar-refractivity contribution in [3.63, 3.8) is 0 Å². The number of likely N-dealkylation sites (tertiary alicyclic amines) is 1. The first-order valence-corrected chi connectivity index (χ1v) is 11.1. The van der Waals surface area contributed by atoms with Crippen molar-refractivity contribution in [2.75, 3.05) is 31.4 Å². The maximum absolute atomic E-state index is 13.1. The number of ether oxygens (including phenoxy) is 2. The number of hydrogen-bond donors (Lipinski definition) is 1. The van der Waals surface area contributed by atoms with E-state index in [0.717, 1.165) is 18.4 Å². The number of amides is 2. The standard InChI is InChI=1S/C25H25N3O5/c1-16-21(13-17-4-9-22-23(14-17)33-12-11-32-22)25(31)28(26-16)19-7-5-18(6-8-19)24(30)27-10-2-3-20(27)15-29/h4-9,13-14,20,29H,2-3,10-12,15H2,1H3/b21-13-. The van der Waals surface area contributed by atoms with E-state index in [1.807, 2.05) is 18.2 Å². The smallest absolute Gasteiger partial charge is 0.280 e. The lowest BCUT2D eigenvalue weighted by atomic mass is 10.1. The van der Waals surface area contributed by atoms with Crippen molar-refractivity contribution in [1.29, 1.82) is 0 Å². The second-order valence-electron chi connectivity index (χ2n) is 8.29. The molecule has 5 rings (SSSR count). The van der Waals surface area contributed by atoms with Gasteiger partial charge in [0.15, 0.2) is 11.5 Å². The van der Waals surface area contributed by atoms with Crippen LogP contribution in [0.3, 0.4) is 0 Å². The molecule has 170 valence electrons. The Morgan fingerprint density at radius 2 is 1.91 bits per heavy atom. The molecule has 3 aliphatic rings. The third kappa shape index (κ3) is 3.98. The van der Waals surface area contributed by atoms with E-state index in [1.54, 1.807) is 42.2 Å². The number of hydrazone groups is 1. The molecule has 3 heterocycles. The SMILES string of the molecule is CC1=NN(c2ccc(C(=O)N3CCCC3CO)cc2)C(=O)/C1=C\c1ccc2c(c1)OCCO2. The summed E-state index contributed by atoms with van der Waals surface area (Å²) >= 11 is 0. The highest BCUT2D eigenvalue weighted by atomic mass is 16.6. The van der Waals surface area contributed by atoms with Gasteiger partial charge in [-0.15, -0.1) is 0 Å². The molecule has 0 aliphatic carbocycles. The van der Waals surface area contributed by atoms with E-state index in [4.69, 9.17) is 9.47 Å². The number of anilines is 1. The third-order valence-electron chi connectivity index (χ3n) is 6.15. The van der Waals surface area contributed by atoms with Crippen molar-refractivity contribution >= 4 is 29.3 Å². The second kappa shape index (κ2) is 8.71. The summed E-state index contributed by atoms with van der Waals surface area (Å²) in [5, 5.41) is 15.3. The summed E-state index contributed by atoms with van der Waals surface area (Å²) in [6.45, 7) is 3.43. The van der Waals surface area contributed by atoms with Crippen LogP contribution < -0.4 is 14.5 Å². The Hall–Kier alpha value is -3.65. The number of hydrogen-bond acceptors (Lipinski definition) is 6. The van der Waals surface area contributed by atoms with Crippen molar-refractivity contribution in [2.24, 2.45) is 5.10 Å². The molecular weight excluding hydrogens is 422 g/mol. The van der Waals surface area contributed by atoms with Crippen LogP contribution in [0.5, 0.6) is 11.5 Å². The summed E-state index contributed by atoms with van der Waals surface area (Å²) in [5.41, 5.74) is 3.04. The normalized spacial score (nSPS) is 21.0. The highest BCUT2D eigenvalue weighted by molar-refractivity contribution is 6.32. The van der Waals surface area contributed by atoms with Crippen molar-refractivity contribution in [3.05, 3.63) is 59.2 Å². The molecule has 0 aromatic heterocycles. The average Bonchev–Trinajstić information content (AvgIpc) is 3.44. The van der Waals surface area contributed by atoms with Gasteiger partial charge in [-0.05, 0) is 67.8 Å². The Balaban J connectivity index is 1.34. The van der Waals surface area contributed by atoms with Crippen molar-refractivity contribution < 1.29 is 24.2 Å². The molecule has 2 aromatic carbocycles. The first kappa shape index (κ1) is 21.2. The van der Waals surface area contributed by atoms with Crippen LogP contribution in [-0.2, 0) is 4.79 Å². The number of aliphatic hydroxyl groups excluding tert-OH is 1. The summed E-state index contributed by atoms with van der Waals surface area (Å²) in [5.74, 6) is 1.02. The zero-order chi connectivity index (χ0) is 22.9. The van der Waals surface area contributed by atoms with E-state index in [1.165, 1.54) is 5.01 Å². The predicted octanol–water partition coefficient (Wildman–Crippen LogP) is 2.86. The minimum atomic E-state index is -0.235. The van der Waals surface area contributed by atoms with Gasteiger partial charge in [-0.3, -0.25) is 9.59 Å². The molecule has 2 aromatic rings. The Bertz CT molecular complexity index is 1160. The molecule has 1 unspecified atom stereocenters. The molecule has 0 saturated carbocycles. The molecule has 0 radical (unpaired) electrons. The number of carbonyl (C=O) groups excluding carboxylic acids is 2. The molecule has 1 fully saturated rings. The van der Waals surface area contributed by atoms with Gasteiger partial charge < -0.3 is 19.5 Å². The highest BCUT2D eigenvalue weighted by Gasteiger charge is 2.31. The molecule has 0 bridgehead atoms. The summed E-state index contributed by atoms with van der Waals surface area (Å²) in [4.78, 5) is 27.6. The lowest BCUT2D eigenvalue weighted by Crippen LogP contribution is -2.37. The summed E-state index contributed by atoms with van der Waals surface area (Å²) in [6.07, 6.45) is 3.50. The molecule has 3 aliphatic heterocycles. The van der Waals surface area contributed by atoms with Crippen LogP contribution >= 0.6 is 0 Å². The van der Waals surface area contributed by atoms with Gasteiger partial charge in [0.1, 0.15) is 13.2 Å². The summed E-state index contributed by atoms with van der Waals surface area (Å²) < 4.78 is 11.2. The highest BCUT2D eigenvalue weighted by Crippen LogP contribution is 2.32. The maximum atomic E-state index is 13.1. The number of aliphatic hydroxyl groups is 1. The lowest BCUT2D eigenvalue weighted by molar-refractivity contribution is -0.114. The van der Waals surface area contributed by atoms with Gasteiger partial charge in [-0.25, -0.2) is 0 Å². The number of benzene rings is 2. The van der Waals surface area contributed by atoms with Gasteiger partial charge in [-0.2, -0.15) is 10.1 Å². The first-order chi connectivity index (χ1) is 16.0. The third-order valence-corrected chi connectivity index (χ3v) is 6.15. The zero-order valence-electron chi connectivity index (χ0n) is 18.4. The van der Waals surface area contributed by atoms with Gasteiger partial charge >= 0.3 is 0 Å². The Morgan fingerprint density at radius 3 is 2.67 bits per heavy atom. The largest absolute Gasteiger partial charge is 0.486 e. The molecule has 8 heteroatoms. The topological polar surface area (TPSA) is 91.7 Å². The minimum absolute atomic E-state index is 0.0292. The number of nitrogens with zero attached hydrogens (tertiary/aromatic N) is 3. The summed E-state index contributed by atoms with van der Waals surface area (Å²) in [6, 6.07) is 12.3. The van der Waals surface area contributed by atoms with Crippen molar-refractivity contribution in [1.82, 2.24) is 4.90 Å². The molecule has 1 N–H and O–H groups in total. The molecular formula is C25H25N3O5. The van der Waals surface area contributed by atoms with Gasteiger partial charge in [-0.1, -0.05) is 6.07 Å². The zero-order valence-corrected chi connectivity index (χ0v) is 18.4. The van der Waals surface area contributed by atoms with E-state index in [-0.39, 0.29) is 24.5 Å². The van der Waals surface area contributed by atoms with E-state index in [2.05, 4.69) is 5.10 Å². The maximum Gasteiger partial charge on any atom is 0.280 e. The van der Waals surface area contributed by atoms with E-state index in [0.29, 0.717) is 53.8 Å². The molecule has 1 atom stereocenters. The molecule has 8 nitrogen and oxygen atoms in total. The molecule has 2 amide bonds. The second-order valence-corrected chi connectivity index (χ2v) is 8.29. The number of fused-ring (bicyclic) bond motifs is 1. The quantitative estimate of drug-likeness (QED) is 0.728. The van der Waals surface area contributed by atoms with E-state index in [9.17, 15) is 14.7 Å². The van der Waals surface area contributed by atoms with Crippen LogP contribution in [0, 0.1) is 0 Å².